The van der Waals surface area contributed by atoms with Crippen LogP contribution in [0.2, 0.25) is 5.02 Å². The van der Waals surface area contributed by atoms with E-state index in [9.17, 15) is 4.79 Å². The Labute approximate surface area is 132 Å². The van der Waals surface area contributed by atoms with Crippen molar-refractivity contribution < 1.29 is 4.79 Å². The molecule has 2 aliphatic heterocycles. The summed E-state index contributed by atoms with van der Waals surface area (Å²) in [5.41, 5.74) is 0.764. The molecule has 0 radical (unpaired) electrons. The highest BCUT2D eigenvalue weighted by Gasteiger charge is 2.34. The van der Waals surface area contributed by atoms with Gasteiger partial charge in [-0.05, 0) is 65.7 Å². The van der Waals surface area contributed by atoms with E-state index in [-0.39, 0.29) is 5.91 Å². The second-order valence-electron chi connectivity index (χ2n) is 5.86. The lowest BCUT2D eigenvalue weighted by Crippen LogP contribution is -2.39. The van der Waals surface area contributed by atoms with Crippen LogP contribution in [0.5, 0.6) is 0 Å². The Bertz CT molecular complexity index is 511. The zero-order chi connectivity index (χ0) is 14.1. The molecule has 0 spiro atoms. The van der Waals surface area contributed by atoms with Crippen molar-refractivity contribution in [2.75, 3.05) is 5.32 Å². The number of fused-ring (bicyclic) bond motifs is 2. The largest absolute Gasteiger partial charge is 0.326 e. The number of hydrogen-bond acceptors (Lipinski definition) is 2. The molecule has 2 aliphatic rings. The molecule has 1 aromatic carbocycles. The molecule has 108 valence electrons. The van der Waals surface area contributed by atoms with Crippen LogP contribution in [-0.4, -0.2) is 18.0 Å². The molecule has 2 saturated heterocycles. The molecule has 0 aliphatic carbocycles. The van der Waals surface area contributed by atoms with Gasteiger partial charge in [-0.1, -0.05) is 11.6 Å². The summed E-state index contributed by atoms with van der Waals surface area (Å²) in [6, 6.07) is 6.75. The van der Waals surface area contributed by atoms with Crippen LogP contribution in [0, 0.1) is 5.92 Å². The van der Waals surface area contributed by atoms with Gasteiger partial charge in [0, 0.05) is 28.7 Å². The third-order valence-corrected chi connectivity index (χ3v) is 5.48. The Hall–Kier alpha value is -0.580. The molecule has 3 nitrogen and oxygen atoms in total. The van der Waals surface area contributed by atoms with Crippen LogP contribution < -0.4 is 10.6 Å². The number of carbonyl (C=O) groups excluding carboxylic acids is 1. The number of halogens is 2. The van der Waals surface area contributed by atoms with E-state index in [2.05, 4.69) is 26.6 Å². The number of hydrogen-bond donors (Lipinski definition) is 2. The molecule has 2 heterocycles. The summed E-state index contributed by atoms with van der Waals surface area (Å²) in [5.74, 6) is 0.606. The molecule has 2 N–H and O–H groups in total. The number of rotatable bonds is 3. The highest BCUT2D eigenvalue weighted by Crippen LogP contribution is 2.33. The lowest BCUT2D eigenvalue weighted by atomic mass is 9.89. The van der Waals surface area contributed by atoms with Crippen molar-refractivity contribution >= 4 is 39.1 Å². The molecule has 0 aromatic heterocycles. The SMILES string of the molecule is O=C(CC1CC2CCC(C1)N2)Nc1ccc(Br)c(Cl)c1. The van der Waals surface area contributed by atoms with Gasteiger partial charge in [-0.2, -0.15) is 0 Å². The minimum absolute atomic E-state index is 0.0923. The summed E-state index contributed by atoms with van der Waals surface area (Å²) >= 11 is 9.37. The van der Waals surface area contributed by atoms with E-state index in [1.54, 1.807) is 6.07 Å². The van der Waals surface area contributed by atoms with E-state index in [1.807, 2.05) is 12.1 Å². The third-order valence-electron chi connectivity index (χ3n) is 4.25. The summed E-state index contributed by atoms with van der Waals surface area (Å²) in [5, 5.41) is 7.16. The lowest BCUT2D eigenvalue weighted by Gasteiger charge is -2.28. The summed E-state index contributed by atoms with van der Waals surface area (Å²) in [7, 11) is 0. The first kappa shape index (κ1) is 14.4. The van der Waals surface area contributed by atoms with Gasteiger partial charge in [0.2, 0.25) is 5.91 Å². The van der Waals surface area contributed by atoms with Gasteiger partial charge in [0.15, 0.2) is 0 Å². The minimum Gasteiger partial charge on any atom is -0.326 e. The highest BCUT2D eigenvalue weighted by atomic mass is 79.9. The Kier molecular flexibility index (Phi) is 4.34. The van der Waals surface area contributed by atoms with Crippen LogP contribution in [0.3, 0.4) is 0 Å². The molecule has 1 aromatic rings. The molecule has 2 atom stereocenters. The predicted molar refractivity (Wildman–Crippen MR) is 85.1 cm³/mol. The van der Waals surface area contributed by atoms with Gasteiger partial charge in [0.1, 0.15) is 0 Å². The fourth-order valence-corrected chi connectivity index (χ4v) is 3.82. The van der Waals surface area contributed by atoms with Crippen molar-refractivity contribution in [2.24, 2.45) is 5.92 Å². The first-order valence-electron chi connectivity index (χ1n) is 7.11. The van der Waals surface area contributed by atoms with Crippen molar-refractivity contribution in [3.05, 3.63) is 27.7 Å². The van der Waals surface area contributed by atoms with E-state index >= 15 is 0 Å². The summed E-state index contributed by atoms with van der Waals surface area (Å²) in [4.78, 5) is 12.1. The topological polar surface area (TPSA) is 41.1 Å². The van der Waals surface area contributed by atoms with Gasteiger partial charge < -0.3 is 10.6 Å². The van der Waals surface area contributed by atoms with Crippen molar-refractivity contribution in [1.82, 2.24) is 5.32 Å². The normalized spacial score (nSPS) is 28.4. The van der Waals surface area contributed by atoms with Gasteiger partial charge in [-0.25, -0.2) is 0 Å². The summed E-state index contributed by atoms with van der Waals surface area (Å²) in [6.45, 7) is 0. The Morgan fingerprint density at radius 1 is 1.35 bits per heavy atom. The van der Waals surface area contributed by atoms with Crippen LogP contribution in [-0.2, 0) is 4.79 Å². The van der Waals surface area contributed by atoms with Gasteiger partial charge in [0.05, 0.1) is 5.02 Å². The second-order valence-corrected chi connectivity index (χ2v) is 7.12. The molecule has 3 rings (SSSR count). The molecule has 0 saturated carbocycles. The van der Waals surface area contributed by atoms with Crippen molar-refractivity contribution in [3.63, 3.8) is 0 Å². The van der Waals surface area contributed by atoms with Crippen LogP contribution >= 0.6 is 27.5 Å². The van der Waals surface area contributed by atoms with E-state index in [0.717, 1.165) is 23.0 Å². The first-order valence-corrected chi connectivity index (χ1v) is 8.28. The lowest BCUT2D eigenvalue weighted by molar-refractivity contribution is -0.117. The van der Waals surface area contributed by atoms with Crippen molar-refractivity contribution in [3.8, 4) is 0 Å². The van der Waals surface area contributed by atoms with Crippen LogP contribution in [0.4, 0.5) is 5.69 Å². The first-order chi connectivity index (χ1) is 9.60. The summed E-state index contributed by atoms with van der Waals surface area (Å²) in [6.07, 6.45) is 5.41. The van der Waals surface area contributed by atoms with E-state index in [4.69, 9.17) is 11.6 Å². The smallest absolute Gasteiger partial charge is 0.224 e. The zero-order valence-electron chi connectivity index (χ0n) is 11.2. The molecule has 1 amide bonds. The number of nitrogens with one attached hydrogen (secondary N) is 2. The van der Waals surface area contributed by atoms with Gasteiger partial charge >= 0.3 is 0 Å². The molecule has 5 heteroatoms. The zero-order valence-corrected chi connectivity index (χ0v) is 13.5. The van der Waals surface area contributed by atoms with Crippen LogP contribution in [0.15, 0.2) is 22.7 Å². The maximum atomic E-state index is 12.1. The van der Waals surface area contributed by atoms with E-state index in [1.165, 1.54) is 12.8 Å². The Morgan fingerprint density at radius 2 is 2.05 bits per heavy atom. The fraction of sp³-hybridized carbons (Fsp3) is 0.533. The Morgan fingerprint density at radius 3 is 2.70 bits per heavy atom. The van der Waals surface area contributed by atoms with Gasteiger partial charge in [0.25, 0.3) is 0 Å². The van der Waals surface area contributed by atoms with Crippen molar-refractivity contribution in [2.45, 2.75) is 44.2 Å². The third kappa shape index (κ3) is 3.35. The average Bonchev–Trinajstić information content (AvgIpc) is 2.73. The molecular weight excluding hydrogens is 340 g/mol. The van der Waals surface area contributed by atoms with Crippen molar-refractivity contribution in [1.29, 1.82) is 0 Å². The second kappa shape index (κ2) is 6.04. The monoisotopic (exact) mass is 356 g/mol. The maximum Gasteiger partial charge on any atom is 0.224 e. The fourth-order valence-electron chi connectivity index (χ4n) is 3.39. The maximum absolute atomic E-state index is 12.1. The van der Waals surface area contributed by atoms with E-state index < -0.39 is 0 Å². The number of anilines is 1. The minimum atomic E-state index is 0.0923. The quantitative estimate of drug-likeness (QED) is 0.859. The number of benzene rings is 1. The highest BCUT2D eigenvalue weighted by molar-refractivity contribution is 9.10. The average molecular weight is 358 g/mol. The number of piperidine rings is 1. The van der Waals surface area contributed by atoms with Gasteiger partial charge in [-0.3, -0.25) is 4.79 Å². The summed E-state index contributed by atoms with van der Waals surface area (Å²) < 4.78 is 0.840. The molecule has 2 bridgehead atoms. The van der Waals surface area contributed by atoms with Gasteiger partial charge in [-0.15, -0.1) is 0 Å². The number of carbonyl (C=O) groups is 1. The molecular formula is C15H18BrClN2O. The number of amides is 1. The standard InChI is InChI=1S/C15H18BrClN2O/c16-13-4-3-12(8-14(13)17)19-15(20)7-9-5-10-1-2-11(6-9)18-10/h3-4,8-11,18H,1-2,5-7H2,(H,19,20). The predicted octanol–water partition coefficient (Wildman–Crippen LogP) is 3.96. The Balaban J connectivity index is 1.55. The van der Waals surface area contributed by atoms with Crippen LogP contribution in [0.1, 0.15) is 32.1 Å². The van der Waals surface area contributed by atoms with E-state index in [0.29, 0.717) is 29.4 Å². The molecule has 2 unspecified atom stereocenters. The molecule has 2 fully saturated rings. The molecule has 20 heavy (non-hydrogen) atoms. The van der Waals surface area contributed by atoms with Crippen LogP contribution in [0.25, 0.3) is 0 Å².